The number of ketones is 1. The van der Waals surface area contributed by atoms with Crippen LogP contribution in [0.4, 0.5) is 0 Å². The number of aryl methyl sites for hydroxylation is 1. The van der Waals surface area contributed by atoms with Gasteiger partial charge in [-0.25, -0.2) is 4.79 Å². The van der Waals surface area contributed by atoms with Crippen molar-refractivity contribution >= 4 is 11.8 Å². The number of carbonyl (C=O) groups excluding carboxylic acids is 2. The van der Waals surface area contributed by atoms with Crippen LogP contribution in [0.25, 0.3) is 0 Å². The van der Waals surface area contributed by atoms with Crippen molar-refractivity contribution in [1.29, 1.82) is 0 Å². The van der Waals surface area contributed by atoms with Gasteiger partial charge in [0.05, 0.1) is 25.9 Å². The minimum Gasteiger partial charge on any atom is -0.466 e. The molecule has 34 heavy (non-hydrogen) atoms. The number of hydrogen-bond donors (Lipinski definition) is 2. The van der Waals surface area contributed by atoms with Crippen LogP contribution in [-0.4, -0.2) is 66.2 Å². The first-order valence-corrected chi connectivity index (χ1v) is 10.7. The van der Waals surface area contributed by atoms with Gasteiger partial charge in [-0.05, 0) is 31.9 Å². The molecule has 11 heteroatoms. The first-order chi connectivity index (χ1) is 16.1. The molecule has 182 valence electrons. The summed E-state index contributed by atoms with van der Waals surface area (Å²) in [6.07, 6.45) is -3.23. The fourth-order valence-corrected chi connectivity index (χ4v) is 5.02. The summed E-state index contributed by atoms with van der Waals surface area (Å²) in [4.78, 5) is 42.2. The Hall–Kier alpha value is -3.28. The molecule has 4 rings (SSSR count). The highest BCUT2D eigenvalue weighted by molar-refractivity contribution is 6.08. The van der Waals surface area contributed by atoms with E-state index in [1.165, 1.54) is 7.11 Å². The first-order valence-electron chi connectivity index (χ1n) is 10.7. The lowest BCUT2D eigenvalue weighted by molar-refractivity contribution is -0.769. The predicted octanol–water partition coefficient (Wildman–Crippen LogP) is 1.08. The van der Waals surface area contributed by atoms with E-state index in [1.54, 1.807) is 19.9 Å². The molecule has 3 aliphatic heterocycles. The van der Waals surface area contributed by atoms with Gasteiger partial charge in [0, 0.05) is 22.9 Å². The summed E-state index contributed by atoms with van der Waals surface area (Å²) in [6.45, 7) is 4.61. The van der Waals surface area contributed by atoms with Gasteiger partial charge in [-0.3, -0.25) is 4.79 Å². The van der Waals surface area contributed by atoms with Crippen molar-refractivity contribution in [3.05, 3.63) is 68.0 Å². The number of benzene rings is 1. The number of nitrogens with one attached hydrogen (secondary N) is 1. The van der Waals surface area contributed by atoms with E-state index in [1.807, 2.05) is 25.1 Å². The number of Topliss-reactive ketones (excluding diaryl/α,β-unsaturated/α-hetero) is 1. The molecule has 11 nitrogen and oxygen atoms in total. The number of aliphatic hydroxyl groups is 1. The lowest BCUT2D eigenvalue weighted by Crippen LogP contribution is -2.53. The average molecular weight is 474 g/mol. The Morgan fingerprint density at radius 1 is 1.18 bits per heavy atom. The molecule has 0 spiro atoms. The average Bonchev–Trinajstić information content (AvgIpc) is 3.34. The Morgan fingerprint density at radius 3 is 2.50 bits per heavy atom. The third kappa shape index (κ3) is 3.75. The normalized spacial score (nSPS) is 30.6. The summed E-state index contributed by atoms with van der Waals surface area (Å²) < 4.78 is 16.1. The molecule has 2 fully saturated rings. The Morgan fingerprint density at radius 2 is 1.85 bits per heavy atom. The number of methoxy groups -OCH3 is 1. The molecule has 1 unspecified atom stereocenters. The topological polar surface area (TPSA) is 146 Å². The summed E-state index contributed by atoms with van der Waals surface area (Å²) in [7, 11) is 1.26. The number of esters is 1. The van der Waals surface area contributed by atoms with E-state index in [0.717, 1.165) is 5.56 Å². The van der Waals surface area contributed by atoms with Crippen LogP contribution < -0.4 is 5.32 Å². The maximum atomic E-state index is 14.0. The highest BCUT2D eigenvalue weighted by Gasteiger charge is 2.62. The minimum atomic E-state index is -2.13. The highest BCUT2D eigenvalue weighted by Crippen LogP contribution is 2.45. The zero-order chi connectivity index (χ0) is 24.8. The molecule has 1 aromatic rings. The van der Waals surface area contributed by atoms with Crippen LogP contribution in [0.2, 0.25) is 0 Å². The number of carbonyl (C=O) groups is 2. The number of fused-ring (bicyclic) bond motifs is 1. The highest BCUT2D eigenvalue weighted by atomic mass is 17.0. The number of hydrogen-bond acceptors (Lipinski definition) is 10. The number of allylic oxidation sites excluding steroid dienone is 2. The molecule has 0 aromatic heterocycles. The molecular formula is C23H26N2O9. The first kappa shape index (κ1) is 23.9. The molecule has 2 saturated heterocycles. The van der Waals surface area contributed by atoms with Gasteiger partial charge < -0.3 is 29.5 Å². The largest absolute Gasteiger partial charge is 0.466 e. The molecule has 3 heterocycles. The van der Waals surface area contributed by atoms with Crippen LogP contribution in [0, 0.1) is 17.0 Å². The minimum absolute atomic E-state index is 0.161. The fourth-order valence-electron chi connectivity index (χ4n) is 5.02. The van der Waals surface area contributed by atoms with E-state index in [9.17, 15) is 24.8 Å². The lowest BCUT2D eigenvalue weighted by Gasteiger charge is -2.35. The third-order valence-electron chi connectivity index (χ3n) is 6.60. The molecule has 0 amide bonds. The van der Waals surface area contributed by atoms with Crippen LogP contribution in [0.5, 0.6) is 0 Å². The van der Waals surface area contributed by atoms with Gasteiger partial charge in [-0.15, -0.1) is 10.1 Å². The molecule has 3 aliphatic rings. The van der Waals surface area contributed by atoms with Gasteiger partial charge in [0.25, 0.3) is 5.09 Å². The summed E-state index contributed by atoms with van der Waals surface area (Å²) in [5, 5.41) is 24.4. The van der Waals surface area contributed by atoms with Crippen LogP contribution >= 0.6 is 0 Å². The quantitative estimate of drug-likeness (QED) is 0.349. The SMILES string of the molecule is COC(=O)C1=C(C)NC(C)=C(C(=O)[C@]2(O)CO[C@@H]3[C@H](O[N+](=O)[O-])CO[C@@H]32)C1c1ccccc1C. The summed E-state index contributed by atoms with van der Waals surface area (Å²) in [5.41, 5.74) is 0.791. The van der Waals surface area contributed by atoms with E-state index in [2.05, 4.69) is 10.2 Å². The zero-order valence-corrected chi connectivity index (χ0v) is 19.2. The van der Waals surface area contributed by atoms with Crippen molar-refractivity contribution in [2.75, 3.05) is 20.3 Å². The number of rotatable bonds is 6. The van der Waals surface area contributed by atoms with E-state index in [4.69, 9.17) is 14.2 Å². The third-order valence-corrected chi connectivity index (χ3v) is 6.60. The second-order valence-electron chi connectivity index (χ2n) is 8.63. The molecular weight excluding hydrogens is 448 g/mol. The van der Waals surface area contributed by atoms with Crippen LogP contribution in [-0.2, 0) is 28.6 Å². The Balaban J connectivity index is 1.78. The van der Waals surface area contributed by atoms with Crippen molar-refractivity contribution < 1.29 is 38.8 Å². The maximum Gasteiger partial charge on any atom is 0.336 e. The molecule has 5 atom stereocenters. The molecule has 0 aliphatic carbocycles. The van der Waals surface area contributed by atoms with E-state index < -0.39 is 53.3 Å². The number of nitrogens with zero attached hydrogens (tertiary/aromatic N) is 1. The van der Waals surface area contributed by atoms with Gasteiger partial charge in [0.2, 0.25) is 0 Å². The smallest absolute Gasteiger partial charge is 0.336 e. The van der Waals surface area contributed by atoms with Crippen LogP contribution in [0.3, 0.4) is 0 Å². The Kier molecular flexibility index (Phi) is 6.19. The maximum absolute atomic E-state index is 14.0. The van der Waals surface area contributed by atoms with Crippen LogP contribution in [0.1, 0.15) is 30.9 Å². The Labute approximate surface area is 195 Å². The number of dihydropyridines is 1. The molecule has 0 radical (unpaired) electrons. The fraction of sp³-hybridized carbons (Fsp3) is 0.478. The van der Waals surface area contributed by atoms with Gasteiger partial charge in [0.1, 0.15) is 12.2 Å². The predicted molar refractivity (Wildman–Crippen MR) is 116 cm³/mol. The van der Waals surface area contributed by atoms with E-state index >= 15 is 0 Å². The van der Waals surface area contributed by atoms with Gasteiger partial charge >= 0.3 is 5.97 Å². The summed E-state index contributed by atoms with van der Waals surface area (Å²) >= 11 is 0. The van der Waals surface area contributed by atoms with Gasteiger partial charge in [-0.1, -0.05) is 24.3 Å². The summed E-state index contributed by atoms with van der Waals surface area (Å²) in [6, 6.07) is 7.32. The zero-order valence-electron chi connectivity index (χ0n) is 19.2. The van der Waals surface area contributed by atoms with E-state index in [-0.39, 0.29) is 17.8 Å². The Bertz CT molecular complexity index is 1110. The van der Waals surface area contributed by atoms with Gasteiger partial charge in [0.15, 0.2) is 17.5 Å². The number of ether oxygens (including phenoxy) is 3. The molecule has 0 saturated carbocycles. The van der Waals surface area contributed by atoms with E-state index in [0.29, 0.717) is 17.0 Å². The molecule has 1 aromatic carbocycles. The summed E-state index contributed by atoms with van der Waals surface area (Å²) in [5.74, 6) is -2.13. The van der Waals surface area contributed by atoms with Crippen molar-refractivity contribution in [3.63, 3.8) is 0 Å². The van der Waals surface area contributed by atoms with Crippen LogP contribution in [0.15, 0.2) is 46.8 Å². The monoisotopic (exact) mass is 474 g/mol. The van der Waals surface area contributed by atoms with Crippen molar-refractivity contribution in [3.8, 4) is 0 Å². The van der Waals surface area contributed by atoms with Crippen molar-refractivity contribution in [2.24, 2.45) is 0 Å². The standard InChI is InChI=1S/C23H26N2O9/c1-11-7-5-6-8-14(11)18-16(12(2)24-13(3)17(18)22(27)31-4)20(26)23(28)10-33-19-15(34-25(29)30)9-32-21(19)23/h5-8,15,18-19,21,24,28H,9-10H2,1-4H3/t15-,18?,19-,21+,23-/m1/s1. The lowest BCUT2D eigenvalue weighted by atomic mass is 9.73. The molecule has 0 bridgehead atoms. The van der Waals surface area contributed by atoms with Crippen molar-refractivity contribution in [1.82, 2.24) is 5.32 Å². The second kappa shape index (κ2) is 8.82. The van der Waals surface area contributed by atoms with Gasteiger partial charge in [-0.2, -0.15) is 0 Å². The second-order valence-corrected chi connectivity index (χ2v) is 8.63. The molecule has 2 N–H and O–H groups in total. The van der Waals surface area contributed by atoms with Crippen molar-refractivity contribution in [2.45, 2.75) is 50.6 Å².